The Balaban J connectivity index is 4.75. The van der Waals surface area contributed by atoms with E-state index in [9.17, 15) is 9.13 Å². The first-order chi connectivity index (χ1) is 15.7. The van der Waals surface area contributed by atoms with Crippen LogP contribution in [0.5, 0.6) is 0 Å². The van der Waals surface area contributed by atoms with E-state index in [1.54, 1.807) is 27.7 Å². The number of allylic oxidation sites excluding steroid dienone is 4. The number of hydrogen-bond acceptors (Lipinski definition) is 6. The highest BCUT2D eigenvalue weighted by Gasteiger charge is 2.50. The number of unbranched alkanes of at least 4 members (excludes halogenated alkanes) is 5. The molecule has 0 aromatic rings. The minimum Gasteiger partial charge on any atom is -0.308 e. The van der Waals surface area contributed by atoms with Crippen molar-refractivity contribution in [3.8, 4) is 0 Å². The number of rotatable bonds is 21. The minimum absolute atomic E-state index is 0.216. The van der Waals surface area contributed by atoms with E-state index in [1.165, 1.54) is 11.1 Å². The molecule has 0 bridgehead atoms. The molecule has 196 valence electrons. The first-order valence-electron chi connectivity index (χ1n) is 12.8. The maximum atomic E-state index is 13.5. The van der Waals surface area contributed by atoms with Gasteiger partial charge in [-0.3, -0.25) is 9.13 Å². The quantitative estimate of drug-likeness (QED) is 0.0874. The molecule has 0 amide bonds. The average molecular weight is 509 g/mol. The Hall–Kier alpha value is -0.220. The van der Waals surface area contributed by atoms with Crippen molar-refractivity contribution in [1.29, 1.82) is 0 Å². The van der Waals surface area contributed by atoms with Crippen LogP contribution >= 0.6 is 15.2 Å². The normalized spacial score (nSPS) is 13.0. The third kappa shape index (κ3) is 14.1. The molecule has 0 aliphatic carbocycles. The van der Waals surface area contributed by atoms with E-state index >= 15 is 0 Å². The standard InChI is InChI=1S/C25H50O6P2/c1-8-28-32(26,29-9-2)25(33(27,30-10-3)31-11-4)22-17-15-13-12-14-16-20-24(7)21-18-19-23(5)6/h19-20,25H,8-18,21-22H2,1-7H3/b24-20+. The molecular weight excluding hydrogens is 458 g/mol. The number of hydrogen-bond donors (Lipinski definition) is 0. The van der Waals surface area contributed by atoms with Crippen molar-refractivity contribution < 1.29 is 27.2 Å². The fourth-order valence-electron chi connectivity index (χ4n) is 3.67. The van der Waals surface area contributed by atoms with Gasteiger partial charge in [-0.1, -0.05) is 49.0 Å². The van der Waals surface area contributed by atoms with Crippen molar-refractivity contribution in [1.82, 2.24) is 0 Å². The molecule has 0 aromatic carbocycles. The van der Waals surface area contributed by atoms with Crippen LogP contribution in [0.4, 0.5) is 0 Å². The Kier molecular flexibility index (Phi) is 18.9. The van der Waals surface area contributed by atoms with Crippen LogP contribution in [0.3, 0.4) is 0 Å². The minimum atomic E-state index is -3.63. The largest absolute Gasteiger partial charge is 0.345 e. The van der Waals surface area contributed by atoms with E-state index in [2.05, 4.69) is 32.9 Å². The first-order valence-corrected chi connectivity index (χ1v) is 16.0. The summed E-state index contributed by atoms with van der Waals surface area (Å²) in [5.74, 6) is 0. The van der Waals surface area contributed by atoms with Gasteiger partial charge in [0.15, 0.2) is 5.40 Å². The van der Waals surface area contributed by atoms with Crippen molar-refractivity contribution in [3.05, 3.63) is 23.3 Å². The lowest BCUT2D eigenvalue weighted by atomic mass is 10.1. The fraction of sp³-hybridized carbons (Fsp3) is 0.840. The van der Waals surface area contributed by atoms with E-state index in [-0.39, 0.29) is 26.4 Å². The van der Waals surface area contributed by atoms with Gasteiger partial charge in [0.25, 0.3) is 0 Å². The smallest absolute Gasteiger partial charge is 0.308 e. The molecule has 0 aliphatic heterocycles. The molecule has 0 aromatic heterocycles. The zero-order chi connectivity index (χ0) is 25.2. The topological polar surface area (TPSA) is 71.1 Å². The predicted molar refractivity (Wildman–Crippen MR) is 140 cm³/mol. The van der Waals surface area contributed by atoms with Crippen LogP contribution in [-0.4, -0.2) is 31.8 Å². The summed E-state index contributed by atoms with van der Waals surface area (Å²) in [6, 6.07) is 0. The maximum Gasteiger partial charge on any atom is 0.345 e. The Morgan fingerprint density at radius 2 is 1.12 bits per heavy atom. The summed E-state index contributed by atoms with van der Waals surface area (Å²) in [6.07, 6.45) is 13.6. The molecule has 0 radical (unpaired) electrons. The molecular formula is C25H50O6P2. The lowest BCUT2D eigenvalue weighted by Crippen LogP contribution is -2.18. The monoisotopic (exact) mass is 508 g/mol. The van der Waals surface area contributed by atoms with Crippen LogP contribution < -0.4 is 0 Å². The Morgan fingerprint density at radius 3 is 1.58 bits per heavy atom. The van der Waals surface area contributed by atoms with Crippen molar-refractivity contribution in [2.24, 2.45) is 0 Å². The molecule has 0 atom stereocenters. The summed E-state index contributed by atoms with van der Waals surface area (Å²) >= 11 is 0. The van der Waals surface area contributed by atoms with Crippen molar-refractivity contribution in [2.75, 3.05) is 26.4 Å². The van der Waals surface area contributed by atoms with Gasteiger partial charge in [0, 0.05) is 0 Å². The highest BCUT2D eigenvalue weighted by atomic mass is 31.2. The van der Waals surface area contributed by atoms with Gasteiger partial charge in [0.2, 0.25) is 0 Å². The van der Waals surface area contributed by atoms with Gasteiger partial charge < -0.3 is 18.1 Å². The molecule has 0 saturated heterocycles. The van der Waals surface area contributed by atoms with Gasteiger partial charge in [-0.15, -0.1) is 0 Å². The van der Waals surface area contributed by atoms with E-state index in [0.29, 0.717) is 6.42 Å². The zero-order valence-corrected chi connectivity index (χ0v) is 24.1. The van der Waals surface area contributed by atoms with Crippen molar-refractivity contribution in [2.45, 2.75) is 112 Å². The van der Waals surface area contributed by atoms with Crippen LogP contribution in [-0.2, 0) is 27.2 Å². The summed E-state index contributed by atoms with van der Waals surface area (Å²) < 4.78 is 49.1. The molecule has 33 heavy (non-hydrogen) atoms. The first kappa shape index (κ1) is 32.8. The summed E-state index contributed by atoms with van der Waals surface area (Å²) in [5.41, 5.74) is 2.84. The summed E-state index contributed by atoms with van der Waals surface area (Å²) in [7, 11) is -7.26. The van der Waals surface area contributed by atoms with Crippen LogP contribution in [0, 0.1) is 0 Å². The highest BCUT2D eigenvalue weighted by molar-refractivity contribution is 7.72. The van der Waals surface area contributed by atoms with Gasteiger partial charge in [0.05, 0.1) is 26.4 Å². The van der Waals surface area contributed by atoms with E-state index < -0.39 is 20.6 Å². The van der Waals surface area contributed by atoms with Crippen LogP contribution in [0.15, 0.2) is 23.3 Å². The molecule has 0 fully saturated rings. The zero-order valence-electron chi connectivity index (χ0n) is 22.3. The van der Waals surface area contributed by atoms with Crippen molar-refractivity contribution >= 4 is 15.2 Å². The molecule has 0 rings (SSSR count). The SMILES string of the molecule is CCOP(=O)(OCC)C(CCCCCCC/C=C(\C)CCC=C(C)C)P(=O)(OCC)OCC. The third-order valence-corrected chi connectivity index (χ3v) is 11.4. The molecule has 0 spiro atoms. The Morgan fingerprint density at radius 1 is 0.667 bits per heavy atom. The van der Waals surface area contributed by atoms with Gasteiger partial charge in [-0.05, 0) is 80.6 Å². The summed E-state index contributed by atoms with van der Waals surface area (Å²) in [6.45, 7) is 14.4. The molecule has 0 aliphatic rings. The fourth-order valence-corrected chi connectivity index (χ4v) is 9.13. The average Bonchev–Trinajstić information content (AvgIpc) is 2.72. The maximum absolute atomic E-state index is 13.5. The highest BCUT2D eigenvalue weighted by Crippen LogP contribution is 2.71. The van der Waals surface area contributed by atoms with E-state index in [1.807, 2.05) is 0 Å². The van der Waals surface area contributed by atoms with Crippen LogP contribution in [0.1, 0.15) is 106 Å². The molecule has 6 nitrogen and oxygen atoms in total. The van der Waals surface area contributed by atoms with E-state index in [4.69, 9.17) is 18.1 Å². The molecule has 0 N–H and O–H groups in total. The molecule has 0 heterocycles. The lowest BCUT2D eigenvalue weighted by molar-refractivity contribution is 0.193. The molecule has 0 unspecified atom stereocenters. The second-order valence-corrected chi connectivity index (χ2v) is 13.3. The second kappa shape index (κ2) is 19.0. The Labute approximate surface area is 203 Å². The Bertz CT molecular complexity index is 605. The summed E-state index contributed by atoms with van der Waals surface area (Å²) in [4.78, 5) is 0. The molecule has 0 saturated carbocycles. The van der Waals surface area contributed by atoms with Crippen LogP contribution in [0.25, 0.3) is 0 Å². The lowest BCUT2D eigenvalue weighted by Gasteiger charge is -2.31. The van der Waals surface area contributed by atoms with Crippen molar-refractivity contribution in [3.63, 3.8) is 0 Å². The van der Waals surface area contributed by atoms with Gasteiger partial charge >= 0.3 is 15.2 Å². The summed E-state index contributed by atoms with van der Waals surface area (Å²) in [5, 5.41) is -0.892. The van der Waals surface area contributed by atoms with Gasteiger partial charge in [0.1, 0.15) is 0 Å². The second-order valence-electron chi connectivity index (χ2n) is 8.45. The van der Waals surface area contributed by atoms with E-state index in [0.717, 1.165) is 51.4 Å². The third-order valence-electron chi connectivity index (χ3n) is 5.22. The predicted octanol–water partition coefficient (Wildman–Crippen LogP) is 9.27. The molecule has 8 heteroatoms. The van der Waals surface area contributed by atoms with Crippen LogP contribution in [0.2, 0.25) is 0 Å². The van der Waals surface area contributed by atoms with Gasteiger partial charge in [-0.2, -0.15) is 0 Å². The van der Waals surface area contributed by atoms with Gasteiger partial charge in [-0.25, -0.2) is 0 Å².